The van der Waals surface area contributed by atoms with Crippen molar-refractivity contribution in [1.29, 1.82) is 0 Å². The number of ketones is 1. The number of carbonyl (C=O) groups is 1. The Kier molecular flexibility index (Phi) is 4.56. The maximum atomic E-state index is 11.7. The molecule has 138 valence electrons. The topological polar surface area (TPSA) is 41.9 Å². The van der Waals surface area contributed by atoms with Gasteiger partial charge in [0.05, 0.1) is 18.9 Å². The van der Waals surface area contributed by atoms with Gasteiger partial charge >= 0.3 is 0 Å². The molecule has 0 saturated carbocycles. The summed E-state index contributed by atoms with van der Waals surface area (Å²) in [7, 11) is 1.69. The summed E-state index contributed by atoms with van der Waals surface area (Å²) >= 11 is 0. The minimum Gasteiger partial charge on any atom is -0.497 e. The van der Waals surface area contributed by atoms with Crippen LogP contribution in [0.15, 0.2) is 65.4 Å². The van der Waals surface area contributed by atoms with Crippen molar-refractivity contribution >= 4 is 11.5 Å². The second kappa shape index (κ2) is 7.03. The minimum absolute atomic E-state index is 0.0384. The van der Waals surface area contributed by atoms with Crippen LogP contribution in [-0.2, 0) is 11.2 Å². The molecule has 0 amide bonds. The van der Waals surface area contributed by atoms with Gasteiger partial charge in [0.25, 0.3) is 0 Å². The molecule has 1 aliphatic heterocycles. The second-order valence-corrected chi connectivity index (χ2v) is 7.25. The third-order valence-electron chi connectivity index (χ3n) is 5.44. The van der Waals surface area contributed by atoms with Crippen LogP contribution in [-0.4, -0.2) is 23.6 Å². The van der Waals surface area contributed by atoms with Crippen molar-refractivity contribution in [2.75, 3.05) is 7.11 Å². The highest BCUT2D eigenvalue weighted by Crippen LogP contribution is 2.45. The van der Waals surface area contributed by atoms with Gasteiger partial charge in [0, 0.05) is 23.3 Å². The lowest BCUT2D eigenvalue weighted by atomic mass is 9.77. The molecule has 0 bridgehead atoms. The average molecular weight is 360 g/mol. The molecule has 0 radical (unpaired) electrons. The predicted octanol–water partition coefficient (Wildman–Crippen LogP) is 4.51. The summed E-state index contributed by atoms with van der Waals surface area (Å²) in [4.78, 5) is 11.7. The normalized spacial score (nSPS) is 21.4. The highest BCUT2D eigenvalue weighted by atomic mass is 16.5. The summed E-state index contributed by atoms with van der Waals surface area (Å²) in [6.07, 6.45) is 3.74. The van der Waals surface area contributed by atoms with Crippen molar-refractivity contribution in [2.24, 2.45) is 11.0 Å². The lowest BCUT2D eigenvalue weighted by Crippen LogP contribution is -2.28. The molecule has 4 heteroatoms. The number of benzene rings is 2. The number of carbonyl (C=O) groups excluding carboxylic acids is 1. The number of ether oxygens (including phenoxy) is 1. The van der Waals surface area contributed by atoms with E-state index in [1.807, 2.05) is 24.1 Å². The Labute approximate surface area is 160 Å². The number of aryl methyl sites for hydroxylation is 1. The summed E-state index contributed by atoms with van der Waals surface area (Å²) in [5.41, 5.74) is 5.68. The van der Waals surface area contributed by atoms with E-state index in [-0.39, 0.29) is 11.8 Å². The first-order chi connectivity index (χ1) is 13.1. The zero-order valence-corrected chi connectivity index (χ0v) is 16.0. The molecule has 0 N–H and O–H groups in total. The van der Waals surface area contributed by atoms with Gasteiger partial charge in [-0.15, -0.1) is 0 Å². The van der Waals surface area contributed by atoms with Crippen molar-refractivity contribution in [2.45, 2.75) is 32.7 Å². The number of methoxy groups -OCH3 is 1. The SMILES string of the molecule is COc1ccc2c(c1)C1=NN(/C(C)=C/C(C)=O)[C@H](c3ccccc3)[C@@H]1CC2. The van der Waals surface area contributed by atoms with Crippen LogP contribution < -0.4 is 4.74 Å². The Morgan fingerprint density at radius 1 is 1.19 bits per heavy atom. The van der Waals surface area contributed by atoms with Gasteiger partial charge in [-0.25, -0.2) is 0 Å². The monoisotopic (exact) mass is 360 g/mol. The van der Waals surface area contributed by atoms with Gasteiger partial charge in [0.15, 0.2) is 5.78 Å². The van der Waals surface area contributed by atoms with Gasteiger partial charge in [-0.3, -0.25) is 9.80 Å². The number of fused-ring (bicyclic) bond motifs is 3. The van der Waals surface area contributed by atoms with E-state index in [0.717, 1.165) is 30.0 Å². The number of rotatable bonds is 4. The summed E-state index contributed by atoms with van der Waals surface area (Å²) in [5.74, 6) is 1.18. The summed E-state index contributed by atoms with van der Waals surface area (Å²) in [6, 6.07) is 16.8. The molecule has 0 unspecified atom stereocenters. The molecule has 4 nitrogen and oxygen atoms in total. The van der Waals surface area contributed by atoms with Crippen LogP contribution in [0, 0.1) is 5.92 Å². The van der Waals surface area contributed by atoms with Crippen LogP contribution in [0.25, 0.3) is 0 Å². The molecule has 4 rings (SSSR count). The first kappa shape index (κ1) is 17.5. The van der Waals surface area contributed by atoms with Gasteiger partial charge in [-0.2, -0.15) is 5.10 Å². The first-order valence-electron chi connectivity index (χ1n) is 9.37. The van der Waals surface area contributed by atoms with E-state index in [1.54, 1.807) is 20.1 Å². The lowest BCUT2D eigenvalue weighted by Gasteiger charge is -2.31. The molecule has 2 atom stereocenters. The molecular weight excluding hydrogens is 336 g/mol. The fraction of sp³-hybridized carbons (Fsp3) is 0.304. The van der Waals surface area contributed by atoms with Gasteiger partial charge < -0.3 is 4.74 Å². The number of hydrazone groups is 1. The number of allylic oxidation sites excluding steroid dienone is 2. The minimum atomic E-state index is 0.0384. The third-order valence-corrected chi connectivity index (χ3v) is 5.44. The molecule has 2 aliphatic rings. The lowest BCUT2D eigenvalue weighted by molar-refractivity contribution is -0.112. The van der Waals surface area contributed by atoms with Gasteiger partial charge in [0.1, 0.15) is 5.75 Å². The summed E-state index contributed by atoms with van der Waals surface area (Å²) < 4.78 is 5.44. The molecule has 0 aromatic heterocycles. The maximum Gasteiger partial charge on any atom is 0.154 e. The van der Waals surface area contributed by atoms with Crippen molar-refractivity contribution in [3.05, 3.63) is 77.0 Å². The van der Waals surface area contributed by atoms with Crippen molar-refractivity contribution in [3.63, 3.8) is 0 Å². The Bertz CT molecular complexity index is 931. The van der Waals surface area contributed by atoms with Crippen LogP contribution in [0.2, 0.25) is 0 Å². The largest absolute Gasteiger partial charge is 0.497 e. The number of nitrogens with zero attached hydrogens (tertiary/aromatic N) is 2. The van der Waals surface area contributed by atoms with Crippen LogP contribution in [0.1, 0.15) is 43.0 Å². The molecule has 2 aromatic rings. The van der Waals surface area contributed by atoms with Gasteiger partial charge in [0.2, 0.25) is 0 Å². The van der Waals surface area contributed by atoms with Gasteiger partial charge in [-0.05, 0) is 49.9 Å². The highest BCUT2D eigenvalue weighted by molar-refractivity contribution is 6.06. The maximum absolute atomic E-state index is 11.7. The predicted molar refractivity (Wildman–Crippen MR) is 107 cm³/mol. The van der Waals surface area contributed by atoms with E-state index in [4.69, 9.17) is 9.84 Å². The van der Waals surface area contributed by atoms with Crippen LogP contribution in [0.4, 0.5) is 0 Å². The zero-order valence-electron chi connectivity index (χ0n) is 16.0. The molecule has 2 aromatic carbocycles. The summed E-state index contributed by atoms with van der Waals surface area (Å²) in [6.45, 7) is 3.54. The summed E-state index contributed by atoms with van der Waals surface area (Å²) in [5, 5.41) is 7.04. The Morgan fingerprint density at radius 2 is 1.96 bits per heavy atom. The molecule has 1 heterocycles. The van der Waals surface area contributed by atoms with E-state index in [9.17, 15) is 4.79 Å². The standard InChI is InChI=1S/C23H24N2O2/c1-15(13-16(2)26)25-23(18-7-5-4-6-8-18)20-12-10-17-9-11-19(27-3)14-21(17)22(20)24-25/h4-9,11,13-14,20,23H,10,12H2,1-3H3/b15-13+/t20-,23-/m1/s1. The fourth-order valence-electron chi connectivity index (χ4n) is 4.25. The fourth-order valence-corrected chi connectivity index (χ4v) is 4.25. The van der Waals surface area contributed by atoms with E-state index in [0.29, 0.717) is 5.92 Å². The van der Waals surface area contributed by atoms with Crippen LogP contribution >= 0.6 is 0 Å². The second-order valence-electron chi connectivity index (χ2n) is 7.25. The molecular formula is C23H24N2O2. The van der Waals surface area contributed by atoms with Crippen LogP contribution in [0.5, 0.6) is 5.75 Å². The molecule has 0 fully saturated rings. The zero-order chi connectivity index (χ0) is 19.0. The molecule has 0 saturated heterocycles. The third kappa shape index (κ3) is 3.16. The molecule has 1 aliphatic carbocycles. The highest BCUT2D eigenvalue weighted by Gasteiger charge is 2.42. The Balaban J connectivity index is 1.83. The van der Waals surface area contributed by atoms with Crippen molar-refractivity contribution < 1.29 is 9.53 Å². The quantitative estimate of drug-likeness (QED) is 0.753. The number of hydrogen-bond acceptors (Lipinski definition) is 4. The number of hydrogen-bond donors (Lipinski definition) is 0. The van der Waals surface area contributed by atoms with E-state index in [2.05, 4.69) is 36.4 Å². The van der Waals surface area contributed by atoms with Crippen molar-refractivity contribution in [1.82, 2.24) is 5.01 Å². The smallest absolute Gasteiger partial charge is 0.154 e. The average Bonchev–Trinajstić information content (AvgIpc) is 3.08. The molecule has 0 spiro atoms. The van der Waals surface area contributed by atoms with E-state index >= 15 is 0 Å². The van der Waals surface area contributed by atoms with Crippen LogP contribution in [0.3, 0.4) is 0 Å². The Morgan fingerprint density at radius 3 is 2.67 bits per heavy atom. The molecule has 27 heavy (non-hydrogen) atoms. The van der Waals surface area contributed by atoms with Gasteiger partial charge in [-0.1, -0.05) is 36.4 Å². The van der Waals surface area contributed by atoms with Crippen molar-refractivity contribution in [3.8, 4) is 5.75 Å². The van der Waals surface area contributed by atoms with E-state index < -0.39 is 0 Å². The first-order valence-corrected chi connectivity index (χ1v) is 9.37. The Hall–Kier alpha value is -2.88. The van der Waals surface area contributed by atoms with E-state index in [1.165, 1.54) is 16.7 Å².